The van der Waals surface area contributed by atoms with Crippen LogP contribution >= 0.6 is 0 Å². The number of benzene rings is 2. The molecule has 0 saturated heterocycles. The average Bonchev–Trinajstić information content (AvgIpc) is 2.83. The number of hydrogen-bond acceptors (Lipinski definition) is 2. The second kappa shape index (κ2) is 4.90. The Morgan fingerprint density at radius 1 is 1.14 bits per heavy atom. The smallest absolute Gasteiger partial charge is 0.335 e. The maximum Gasteiger partial charge on any atom is 0.335 e. The molecule has 3 rings (SSSR count). The first-order chi connectivity index (χ1) is 10.1. The Balaban J connectivity index is 2.30. The van der Waals surface area contributed by atoms with Crippen LogP contribution in [0.2, 0.25) is 0 Å². The molecule has 4 nitrogen and oxygen atoms in total. The first-order valence-corrected chi connectivity index (χ1v) is 6.49. The number of nitrogens with zero attached hydrogens (tertiary/aromatic N) is 1. The first kappa shape index (κ1) is 13.1. The highest BCUT2D eigenvalue weighted by molar-refractivity contribution is 6.02. The van der Waals surface area contributed by atoms with E-state index in [0.29, 0.717) is 5.56 Å². The van der Waals surface area contributed by atoms with E-state index in [1.165, 1.54) is 0 Å². The molecule has 0 atom stereocenters. The van der Waals surface area contributed by atoms with Crippen LogP contribution in [0.25, 0.3) is 22.0 Å². The summed E-state index contributed by atoms with van der Waals surface area (Å²) in [7, 11) is 1.86. The predicted octanol–water partition coefficient (Wildman–Crippen LogP) is 3.36. The van der Waals surface area contributed by atoms with Gasteiger partial charge < -0.3 is 9.67 Å². The van der Waals surface area contributed by atoms with Crippen LogP contribution in [0.4, 0.5) is 0 Å². The van der Waals surface area contributed by atoms with Crippen molar-refractivity contribution < 1.29 is 14.7 Å². The molecule has 0 saturated carbocycles. The van der Waals surface area contributed by atoms with Crippen LogP contribution in [0.5, 0.6) is 0 Å². The Labute approximate surface area is 121 Å². The number of aromatic nitrogens is 1. The maximum absolute atomic E-state index is 11.2. The van der Waals surface area contributed by atoms with Gasteiger partial charge in [0.2, 0.25) is 0 Å². The highest BCUT2D eigenvalue weighted by Crippen LogP contribution is 2.32. The van der Waals surface area contributed by atoms with Gasteiger partial charge in [-0.2, -0.15) is 0 Å². The molecule has 0 amide bonds. The second-order valence-electron chi connectivity index (χ2n) is 4.90. The minimum Gasteiger partial charge on any atom is -0.478 e. The molecule has 0 bridgehead atoms. The zero-order valence-electron chi connectivity index (χ0n) is 11.4. The summed E-state index contributed by atoms with van der Waals surface area (Å²) in [5.41, 5.74) is 3.46. The number of fused-ring (bicyclic) bond motifs is 1. The van der Waals surface area contributed by atoms with Crippen molar-refractivity contribution in [2.24, 2.45) is 7.05 Å². The molecule has 2 aromatic carbocycles. The molecular weight excluding hydrogens is 266 g/mol. The lowest BCUT2D eigenvalue weighted by atomic mass is 9.99. The Morgan fingerprint density at radius 2 is 1.90 bits per heavy atom. The van der Waals surface area contributed by atoms with E-state index < -0.39 is 5.97 Å². The zero-order valence-corrected chi connectivity index (χ0v) is 11.4. The standard InChI is InChI=1S/C17H13NO3/c1-18-9-15(13-5-3-2-4-12(13)10-19)14-7-6-11(17(20)21)8-16(14)18/h2-10H,1H3,(H,20,21). The van der Waals surface area contributed by atoms with Crippen molar-refractivity contribution in [2.45, 2.75) is 0 Å². The lowest BCUT2D eigenvalue weighted by Gasteiger charge is -2.03. The Hall–Kier alpha value is -2.88. The van der Waals surface area contributed by atoms with Gasteiger partial charge in [0, 0.05) is 35.3 Å². The highest BCUT2D eigenvalue weighted by atomic mass is 16.4. The molecule has 1 heterocycles. The van der Waals surface area contributed by atoms with Crippen LogP contribution in [0, 0.1) is 0 Å². The van der Waals surface area contributed by atoms with Gasteiger partial charge in [-0.3, -0.25) is 4.79 Å². The molecule has 0 fully saturated rings. The second-order valence-corrected chi connectivity index (χ2v) is 4.90. The molecule has 3 aromatic rings. The van der Waals surface area contributed by atoms with Gasteiger partial charge in [0.15, 0.2) is 6.29 Å². The van der Waals surface area contributed by atoms with Crippen LogP contribution < -0.4 is 0 Å². The van der Waals surface area contributed by atoms with Crippen molar-refractivity contribution >= 4 is 23.2 Å². The molecule has 21 heavy (non-hydrogen) atoms. The molecule has 1 N–H and O–H groups in total. The molecule has 1 aromatic heterocycles. The summed E-state index contributed by atoms with van der Waals surface area (Å²) in [6, 6.07) is 12.4. The number of hydrogen-bond donors (Lipinski definition) is 1. The largest absolute Gasteiger partial charge is 0.478 e. The summed E-state index contributed by atoms with van der Waals surface area (Å²) in [4.78, 5) is 22.3. The zero-order chi connectivity index (χ0) is 15.0. The number of carboxylic acids is 1. The van der Waals surface area contributed by atoms with Gasteiger partial charge in [-0.25, -0.2) is 4.79 Å². The molecule has 0 spiro atoms. The van der Waals surface area contributed by atoms with E-state index in [4.69, 9.17) is 5.11 Å². The monoisotopic (exact) mass is 279 g/mol. The third-order valence-electron chi connectivity index (χ3n) is 3.62. The topological polar surface area (TPSA) is 59.3 Å². The highest BCUT2D eigenvalue weighted by Gasteiger charge is 2.13. The fraction of sp³-hybridized carbons (Fsp3) is 0.0588. The third-order valence-corrected chi connectivity index (χ3v) is 3.62. The van der Waals surface area contributed by atoms with Crippen LogP contribution in [0.15, 0.2) is 48.7 Å². The minimum atomic E-state index is -0.951. The predicted molar refractivity (Wildman–Crippen MR) is 80.7 cm³/mol. The summed E-state index contributed by atoms with van der Waals surface area (Å²) >= 11 is 0. The van der Waals surface area contributed by atoms with E-state index in [2.05, 4.69) is 0 Å². The number of aromatic carboxylic acids is 1. The van der Waals surface area contributed by atoms with Crippen LogP contribution in [-0.4, -0.2) is 21.9 Å². The third kappa shape index (κ3) is 2.10. The molecular formula is C17H13NO3. The van der Waals surface area contributed by atoms with Crippen molar-refractivity contribution in [1.82, 2.24) is 4.57 Å². The van der Waals surface area contributed by atoms with Crippen molar-refractivity contribution in [3.8, 4) is 11.1 Å². The minimum absolute atomic E-state index is 0.249. The van der Waals surface area contributed by atoms with Crippen molar-refractivity contribution in [2.75, 3.05) is 0 Å². The van der Waals surface area contributed by atoms with Gasteiger partial charge in [0.25, 0.3) is 0 Å². The first-order valence-electron chi connectivity index (χ1n) is 6.49. The van der Waals surface area contributed by atoms with Crippen molar-refractivity contribution in [3.05, 3.63) is 59.8 Å². The summed E-state index contributed by atoms with van der Waals surface area (Å²) in [5, 5.41) is 10.0. The van der Waals surface area contributed by atoms with Crippen LogP contribution in [-0.2, 0) is 7.05 Å². The fourth-order valence-electron chi connectivity index (χ4n) is 2.58. The SMILES string of the molecule is Cn1cc(-c2ccccc2C=O)c2ccc(C(=O)O)cc21. The number of carbonyl (C=O) groups excluding carboxylic acids is 1. The number of aryl methyl sites for hydroxylation is 1. The van der Waals surface area contributed by atoms with E-state index in [0.717, 1.165) is 28.3 Å². The summed E-state index contributed by atoms with van der Waals surface area (Å²) < 4.78 is 1.87. The van der Waals surface area contributed by atoms with Gasteiger partial charge >= 0.3 is 5.97 Å². The molecule has 0 aliphatic rings. The molecule has 104 valence electrons. The van der Waals surface area contributed by atoms with E-state index in [1.807, 2.05) is 36.0 Å². The quantitative estimate of drug-likeness (QED) is 0.748. The Morgan fingerprint density at radius 3 is 2.62 bits per heavy atom. The fourth-order valence-corrected chi connectivity index (χ4v) is 2.58. The van der Waals surface area contributed by atoms with E-state index >= 15 is 0 Å². The van der Waals surface area contributed by atoms with Crippen LogP contribution in [0.3, 0.4) is 0 Å². The van der Waals surface area contributed by atoms with Crippen molar-refractivity contribution in [3.63, 3.8) is 0 Å². The molecule has 0 aliphatic carbocycles. The lowest BCUT2D eigenvalue weighted by molar-refractivity contribution is 0.0697. The number of aldehydes is 1. The van der Waals surface area contributed by atoms with E-state index in [1.54, 1.807) is 24.3 Å². The maximum atomic E-state index is 11.2. The number of rotatable bonds is 3. The Kier molecular flexibility index (Phi) is 3.06. The summed E-state index contributed by atoms with van der Waals surface area (Å²) in [5.74, 6) is -0.951. The molecule has 0 unspecified atom stereocenters. The summed E-state index contributed by atoms with van der Waals surface area (Å²) in [6.45, 7) is 0. The molecule has 0 aliphatic heterocycles. The number of carbonyl (C=O) groups is 2. The van der Waals surface area contributed by atoms with Gasteiger partial charge in [0.1, 0.15) is 0 Å². The van der Waals surface area contributed by atoms with Gasteiger partial charge in [-0.15, -0.1) is 0 Å². The average molecular weight is 279 g/mol. The molecule has 4 heteroatoms. The van der Waals surface area contributed by atoms with Crippen LogP contribution in [0.1, 0.15) is 20.7 Å². The number of carboxylic acid groups (broad SMARTS) is 1. The summed E-state index contributed by atoms with van der Waals surface area (Å²) in [6.07, 6.45) is 2.75. The van der Waals surface area contributed by atoms with E-state index in [9.17, 15) is 9.59 Å². The lowest BCUT2D eigenvalue weighted by Crippen LogP contribution is -1.96. The normalized spacial score (nSPS) is 10.7. The van der Waals surface area contributed by atoms with Crippen molar-refractivity contribution in [1.29, 1.82) is 0 Å². The van der Waals surface area contributed by atoms with Gasteiger partial charge in [0.05, 0.1) is 5.56 Å². The van der Waals surface area contributed by atoms with Gasteiger partial charge in [-0.1, -0.05) is 30.3 Å². The Bertz CT molecular complexity index is 862. The van der Waals surface area contributed by atoms with E-state index in [-0.39, 0.29) is 5.56 Å². The molecule has 0 radical (unpaired) electrons. The van der Waals surface area contributed by atoms with Gasteiger partial charge in [-0.05, 0) is 17.7 Å².